The number of benzene rings is 2. The Hall–Kier alpha value is -2.99. The number of rotatable bonds is 7. The minimum atomic E-state index is -0.120. The average molecular weight is 387 g/mol. The summed E-state index contributed by atoms with van der Waals surface area (Å²) in [7, 11) is 1.59. The number of aryl methyl sites for hydroxylation is 1. The molecule has 0 atom stereocenters. The van der Waals surface area contributed by atoms with Crippen LogP contribution in [-0.4, -0.2) is 18.2 Å². The number of amides is 1. The Balaban J connectivity index is 1.56. The second-order valence-corrected chi connectivity index (χ2v) is 6.19. The van der Waals surface area contributed by atoms with E-state index < -0.39 is 0 Å². The third-order valence-corrected chi connectivity index (χ3v) is 4.27. The van der Waals surface area contributed by atoms with Crippen LogP contribution in [0.25, 0.3) is 0 Å². The van der Waals surface area contributed by atoms with Crippen LogP contribution in [0, 0.1) is 6.92 Å². The molecule has 0 aliphatic rings. The molecule has 3 aromatic rings. The molecule has 1 amide bonds. The second kappa shape index (κ2) is 8.60. The van der Waals surface area contributed by atoms with Gasteiger partial charge in [-0.25, -0.2) is 0 Å². The van der Waals surface area contributed by atoms with Crippen LogP contribution in [0.1, 0.15) is 17.7 Å². The molecule has 7 heteroatoms. The van der Waals surface area contributed by atoms with E-state index in [1.165, 1.54) is 0 Å². The number of nitrogens with zero attached hydrogens (tertiary/aromatic N) is 1. The number of ether oxygens (including phenoxy) is 2. The summed E-state index contributed by atoms with van der Waals surface area (Å²) in [5, 5.41) is 6.85. The Bertz CT molecular complexity index is 902. The summed E-state index contributed by atoms with van der Waals surface area (Å²) in [6, 6.07) is 14.5. The van der Waals surface area contributed by atoms with Crippen molar-refractivity contribution in [3.63, 3.8) is 0 Å². The van der Waals surface area contributed by atoms with E-state index in [2.05, 4.69) is 10.5 Å². The molecular formula is C20H19ClN2O4. The van der Waals surface area contributed by atoms with Crippen molar-refractivity contribution in [1.29, 1.82) is 0 Å². The fourth-order valence-corrected chi connectivity index (χ4v) is 2.80. The van der Waals surface area contributed by atoms with E-state index >= 15 is 0 Å². The highest BCUT2D eigenvalue weighted by atomic mass is 35.5. The van der Waals surface area contributed by atoms with Crippen molar-refractivity contribution < 1.29 is 18.8 Å². The maximum Gasteiger partial charge on any atom is 0.229 e. The Kier molecular flexibility index (Phi) is 5.98. The van der Waals surface area contributed by atoms with Crippen LogP contribution in [0.15, 0.2) is 53.1 Å². The molecule has 0 saturated heterocycles. The summed E-state index contributed by atoms with van der Waals surface area (Å²) in [4.78, 5) is 12.1. The molecule has 27 heavy (non-hydrogen) atoms. The minimum Gasteiger partial charge on any atom is -0.493 e. The summed E-state index contributed by atoms with van der Waals surface area (Å²) in [5.74, 6) is 1.80. The summed E-state index contributed by atoms with van der Waals surface area (Å²) in [5.41, 5.74) is 2.14. The zero-order chi connectivity index (χ0) is 19.2. The van der Waals surface area contributed by atoms with Crippen LogP contribution in [0.4, 0.5) is 5.69 Å². The molecule has 0 aliphatic carbocycles. The fourth-order valence-electron chi connectivity index (χ4n) is 2.54. The van der Waals surface area contributed by atoms with Crippen molar-refractivity contribution in [3.8, 4) is 17.2 Å². The number of para-hydroxylation sites is 2. The molecule has 0 bridgehead atoms. The topological polar surface area (TPSA) is 73.6 Å². The van der Waals surface area contributed by atoms with Gasteiger partial charge in [-0.15, -0.1) is 0 Å². The monoisotopic (exact) mass is 386 g/mol. The maximum absolute atomic E-state index is 12.1. The van der Waals surface area contributed by atoms with E-state index in [0.717, 1.165) is 5.56 Å². The largest absolute Gasteiger partial charge is 0.493 e. The second-order valence-electron chi connectivity index (χ2n) is 5.85. The third-order valence-electron chi connectivity index (χ3n) is 3.97. The van der Waals surface area contributed by atoms with Gasteiger partial charge >= 0.3 is 0 Å². The van der Waals surface area contributed by atoms with Crippen LogP contribution in [0.3, 0.4) is 0 Å². The molecule has 0 unspecified atom stereocenters. The molecule has 0 saturated carbocycles. The molecule has 0 radical (unpaired) electrons. The quantitative estimate of drug-likeness (QED) is 0.618. The molecule has 140 valence electrons. The predicted molar refractivity (Wildman–Crippen MR) is 103 cm³/mol. The SMILES string of the molecule is COc1ccccc1Oc1ccc(NC(=O)CCc2c(C)noc2Cl)cc1. The number of hydrogen-bond donors (Lipinski definition) is 1. The summed E-state index contributed by atoms with van der Waals surface area (Å²) in [6.45, 7) is 1.79. The van der Waals surface area contributed by atoms with E-state index in [0.29, 0.717) is 35.1 Å². The standard InChI is InChI=1S/C20H19ClN2O4/c1-13-16(20(21)27-23-13)11-12-19(24)22-14-7-9-15(10-8-14)26-18-6-4-3-5-17(18)25-2/h3-10H,11-12H2,1-2H3,(H,22,24). The fraction of sp³-hybridized carbons (Fsp3) is 0.200. The van der Waals surface area contributed by atoms with Crippen molar-refractivity contribution in [1.82, 2.24) is 5.16 Å². The van der Waals surface area contributed by atoms with Crippen LogP contribution in [0.2, 0.25) is 5.22 Å². The first kappa shape index (κ1) is 18.8. The smallest absolute Gasteiger partial charge is 0.229 e. The highest BCUT2D eigenvalue weighted by molar-refractivity contribution is 6.29. The number of aromatic nitrogens is 1. The number of carbonyl (C=O) groups excluding carboxylic acids is 1. The zero-order valence-electron chi connectivity index (χ0n) is 15.0. The lowest BCUT2D eigenvalue weighted by Crippen LogP contribution is -2.12. The lowest BCUT2D eigenvalue weighted by Gasteiger charge is -2.11. The van der Waals surface area contributed by atoms with Gasteiger partial charge in [-0.2, -0.15) is 0 Å². The molecule has 0 fully saturated rings. The van der Waals surface area contributed by atoms with Gasteiger partial charge in [0.1, 0.15) is 5.75 Å². The number of methoxy groups -OCH3 is 1. The maximum atomic E-state index is 12.1. The number of nitrogens with one attached hydrogen (secondary N) is 1. The first-order chi connectivity index (χ1) is 13.1. The predicted octanol–water partition coefficient (Wildman–Crippen LogP) is 5.01. The molecule has 1 N–H and O–H groups in total. The van der Waals surface area contributed by atoms with Gasteiger partial charge in [-0.1, -0.05) is 17.3 Å². The Morgan fingerprint density at radius 2 is 1.85 bits per heavy atom. The summed E-state index contributed by atoms with van der Waals surface area (Å²) >= 11 is 5.91. The lowest BCUT2D eigenvalue weighted by molar-refractivity contribution is -0.116. The highest BCUT2D eigenvalue weighted by Gasteiger charge is 2.13. The third kappa shape index (κ3) is 4.80. The van der Waals surface area contributed by atoms with Gasteiger partial charge in [0.05, 0.1) is 12.8 Å². The molecule has 2 aromatic carbocycles. The first-order valence-corrected chi connectivity index (χ1v) is 8.76. The molecule has 1 heterocycles. The van der Waals surface area contributed by atoms with Gasteiger partial charge in [-0.3, -0.25) is 4.79 Å². The first-order valence-electron chi connectivity index (χ1n) is 8.38. The van der Waals surface area contributed by atoms with Gasteiger partial charge in [0.15, 0.2) is 11.5 Å². The molecule has 0 spiro atoms. The van der Waals surface area contributed by atoms with Crippen LogP contribution < -0.4 is 14.8 Å². The van der Waals surface area contributed by atoms with Crippen molar-refractivity contribution in [2.45, 2.75) is 19.8 Å². The van der Waals surface area contributed by atoms with E-state index in [1.807, 2.05) is 24.3 Å². The van der Waals surface area contributed by atoms with Gasteiger partial charge in [0.2, 0.25) is 11.1 Å². The summed E-state index contributed by atoms with van der Waals surface area (Å²) in [6.07, 6.45) is 0.746. The number of halogens is 1. The normalized spacial score (nSPS) is 10.5. The molecule has 3 rings (SSSR count). The van der Waals surface area contributed by atoms with Crippen molar-refractivity contribution >= 4 is 23.2 Å². The molecule has 0 aliphatic heterocycles. The van der Waals surface area contributed by atoms with E-state index in [1.54, 1.807) is 38.3 Å². The summed E-state index contributed by atoms with van der Waals surface area (Å²) < 4.78 is 16.0. The zero-order valence-corrected chi connectivity index (χ0v) is 15.7. The lowest BCUT2D eigenvalue weighted by atomic mass is 10.1. The Morgan fingerprint density at radius 3 is 2.48 bits per heavy atom. The molecular weight excluding hydrogens is 368 g/mol. The highest BCUT2D eigenvalue weighted by Crippen LogP contribution is 2.31. The van der Waals surface area contributed by atoms with Crippen LogP contribution >= 0.6 is 11.6 Å². The van der Waals surface area contributed by atoms with Crippen LogP contribution in [-0.2, 0) is 11.2 Å². The van der Waals surface area contributed by atoms with Crippen molar-refractivity contribution in [2.24, 2.45) is 0 Å². The van der Waals surface area contributed by atoms with Gasteiger partial charge in [0.25, 0.3) is 0 Å². The van der Waals surface area contributed by atoms with Crippen molar-refractivity contribution in [2.75, 3.05) is 12.4 Å². The van der Waals surface area contributed by atoms with E-state index in [-0.39, 0.29) is 17.5 Å². The Morgan fingerprint density at radius 1 is 1.15 bits per heavy atom. The molecule has 1 aromatic heterocycles. The number of carbonyl (C=O) groups is 1. The van der Waals surface area contributed by atoms with Gasteiger partial charge in [-0.05, 0) is 61.3 Å². The van der Waals surface area contributed by atoms with E-state index in [4.69, 9.17) is 25.6 Å². The average Bonchev–Trinajstić information content (AvgIpc) is 3.00. The Labute approximate surface area is 162 Å². The van der Waals surface area contributed by atoms with Crippen molar-refractivity contribution in [3.05, 3.63) is 65.0 Å². The van der Waals surface area contributed by atoms with Gasteiger partial charge in [0, 0.05) is 17.7 Å². The van der Waals surface area contributed by atoms with E-state index in [9.17, 15) is 4.79 Å². The van der Waals surface area contributed by atoms with Crippen LogP contribution in [0.5, 0.6) is 17.2 Å². The minimum absolute atomic E-state index is 0.120. The molecule has 6 nitrogen and oxygen atoms in total. The number of anilines is 1. The number of hydrogen-bond acceptors (Lipinski definition) is 5. The van der Waals surface area contributed by atoms with Gasteiger partial charge < -0.3 is 19.3 Å².